The van der Waals surface area contributed by atoms with E-state index in [9.17, 15) is 14.5 Å². The van der Waals surface area contributed by atoms with Crippen molar-refractivity contribution in [2.24, 2.45) is 49.3 Å². The number of hydrogen-bond acceptors (Lipinski definition) is 30. The van der Waals surface area contributed by atoms with Crippen LogP contribution < -0.4 is 41.1 Å². The minimum Gasteiger partial charge on any atom is -0.471 e. The van der Waals surface area contributed by atoms with Gasteiger partial charge in [0.25, 0.3) is 0 Å². The number of nitrogens with zero attached hydrogens (tertiary/aromatic N) is 30. The molecule has 39 nitrogen and oxygen atoms in total. The highest BCUT2D eigenvalue weighted by Crippen LogP contribution is 2.32. The van der Waals surface area contributed by atoms with Gasteiger partial charge in [-0.15, -0.1) is 0 Å². The van der Waals surface area contributed by atoms with Gasteiger partial charge < -0.3 is 69.9 Å². The van der Waals surface area contributed by atoms with Gasteiger partial charge in [0.05, 0.1) is 48.5 Å². The molecule has 20 rings (SSSR count). The molecule has 20 aromatic rings. The van der Waals surface area contributed by atoms with Crippen LogP contribution in [-0.2, 0) is 88.7 Å². The molecule has 0 bridgehead atoms. The monoisotopic (exact) mass is 1760 g/mol. The number of anilines is 9. The lowest BCUT2D eigenvalue weighted by atomic mass is 10.2. The molecule has 6 N–H and O–H groups in total. The molecule has 0 aliphatic rings. The topological polar surface area (TPSA) is 427 Å². The quantitative estimate of drug-likeness (QED) is 0.0197. The maximum absolute atomic E-state index is 13.3. The van der Waals surface area contributed by atoms with Crippen LogP contribution in [0.3, 0.4) is 0 Å². The molecule has 0 aliphatic carbocycles. The highest BCUT2D eigenvalue weighted by Gasteiger charge is 2.24. The van der Waals surface area contributed by atoms with E-state index in [1.54, 1.807) is 76.6 Å². The van der Waals surface area contributed by atoms with Crippen molar-refractivity contribution in [1.29, 1.82) is 0 Å². The molecule has 0 saturated carbocycles. The van der Waals surface area contributed by atoms with E-state index in [4.69, 9.17) is 31.3 Å². The number of hydrogen-bond donors (Lipinski definition) is 6. The van der Waals surface area contributed by atoms with Crippen molar-refractivity contribution in [3.05, 3.63) is 304 Å². The summed E-state index contributed by atoms with van der Waals surface area (Å²) in [6.07, 6.45) is 10.7. The van der Waals surface area contributed by atoms with Crippen molar-refractivity contribution in [3.8, 4) is 5.88 Å². The highest BCUT2D eigenvalue weighted by atomic mass is 35.5. The molecule has 658 valence electrons. The zero-order chi connectivity index (χ0) is 90.7. The molecule has 0 aliphatic heterocycles. The van der Waals surface area contributed by atoms with E-state index in [1.807, 2.05) is 245 Å². The van der Waals surface area contributed by atoms with Crippen LogP contribution in [0, 0.1) is 30.0 Å². The number of aromatic amines is 1. The number of ether oxygens (including phenoxy) is 1. The van der Waals surface area contributed by atoms with Crippen molar-refractivity contribution in [3.63, 3.8) is 0 Å². The predicted octanol–water partition coefficient (Wildman–Crippen LogP) is 14.1. The highest BCUT2D eigenvalue weighted by molar-refractivity contribution is 6.28. The molecule has 0 amide bonds. The Morgan fingerprint density at radius 2 is 0.985 bits per heavy atom. The second-order valence-corrected chi connectivity index (χ2v) is 30.0. The molecule has 0 saturated heterocycles. The summed E-state index contributed by atoms with van der Waals surface area (Å²) in [5.74, 6) is 5.72. The average molecular weight is 1770 g/mol. The Hall–Kier alpha value is -16.9. The van der Waals surface area contributed by atoms with Gasteiger partial charge in [-0.3, -0.25) is 18.7 Å². The number of benzene rings is 6. The molecule has 0 atom stereocenters. The van der Waals surface area contributed by atoms with Gasteiger partial charge in [0.1, 0.15) is 29.8 Å². The second kappa shape index (κ2) is 40.8. The number of rotatable bonds is 23. The fourth-order valence-electron chi connectivity index (χ4n) is 13.2. The molecule has 0 unspecified atom stereocenters. The van der Waals surface area contributed by atoms with Gasteiger partial charge in [-0.25, -0.2) is 29.9 Å². The molecule has 14 aromatic heterocycles. The van der Waals surface area contributed by atoms with Crippen LogP contribution in [0.15, 0.2) is 238 Å². The van der Waals surface area contributed by atoms with Crippen molar-refractivity contribution in [2.45, 2.75) is 53.2 Å². The lowest BCUT2D eigenvalue weighted by Gasteiger charge is -2.18. The predicted molar refractivity (Wildman–Crippen MR) is 496 cm³/mol. The smallest absolute Gasteiger partial charge is 0.471 e. The molecule has 0 spiro atoms. The first-order valence-electron chi connectivity index (χ1n) is 40.7. The van der Waals surface area contributed by atoms with E-state index in [0.717, 1.165) is 91.1 Å². The van der Waals surface area contributed by atoms with E-state index < -0.39 is 16.9 Å². The van der Waals surface area contributed by atoms with Crippen LogP contribution in [-0.4, -0.2) is 157 Å². The lowest BCUT2D eigenvalue weighted by molar-refractivity contribution is -0.394. The number of fused-ring (bicyclic) bond motifs is 6. The Morgan fingerprint density at radius 1 is 0.477 bits per heavy atom. The van der Waals surface area contributed by atoms with Crippen LogP contribution in [0.25, 0.3) is 66.7 Å². The Balaban J connectivity index is 0.000000121. The third-order valence-electron chi connectivity index (χ3n) is 20.3. The van der Waals surface area contributed by atoms with Gasteiger partial charge in [-0.2, -0.15) is 64.7 Å². The number of nitrogens with one attached hydrogen (secondary N) is 6. The van der Waals surface area contributed by atoms with Gasteiger partial charge >= 0.3 is 12.0 Å². The zero-order valence-electron chi connectivity index (χ0n) is 72.7. The third-order valence-corrected chi connectivity index (χ3v) is 20.4. The van der Waals surface area contributed by atoms with E-state index in [-0.39, 0.29) is 11.2 Å². The van der Waals surface area contributed by atoms with Crippen LogP contribution in [0.2, 0.25) is 5.28 Å². The van der Waals surface area contributed by atoms with Crippen LogP contribution in [0.5, 0.6) is 5.88 Å². The van der Waals surface area contributed by atoms with E-state index in [1.165, 1.54) is 22.3 Å². The summed E-state index contributed by atoms with van der Waals surface area (Å²) in [6, 6.07) is 64.0. The minimum atomic E-state index is -0.820. The van der Waals surface area contributed by atoms with Crippen molar-refractivity contribution in [1.82, 2.24) is 138 Å². The number of halogens is 2. The van der Waals surface area contributed by atoms with Gasteiger partial charge in [0.15, 0.2) is 68.4 Å². The van der Waals surface area contributed by atoms with Crippen LogP contribution in [0.1, 0.15) is 44.8 Å². The first-order valence-corrected chi connectivity index (χ1v) is 41.1. The summed E-state index contributed by atoms with van der Waals surface area (Å²) < 4.78 is 31.2. The largest absolute Gasteiger partial charge is 0.473 e. The number of H-pyrrole nitrogens is 1. The summed E-state index contributed by atoms with van der Waals surface area (Å²) >= 11 is 5.85. The number of aromatic nitrogens is 28. The molecular formula is C89H90ClFN36O3. The summed E-state index contributed by atoms with van der Waals surface area (Å²) in [7, 11) is 16.9. The normalized spacial score (nSPS) is 10.9. The van der Waals surface area contributed by atoms with E-state index in [2.05, 4.69) is 153 Å². The first kappa shape index (κ1) is 87.9. The maximum Gasteiger partial charge on any atom is 0.473 e. The first-order chi connectivity index (χ1) is 63.1. The van der Waals surface area contributed by atoms with E-state index in [0.29, 0.717) is 90.1 Å². The zero-order valence-corrected chi connectivity index (χ0v) is 73.4. The van der Waals surface area contributed by atoms with Crippen molar-refractivity contribution < 1.29 is 14.1 Å². The number of nitro groups is 1. The third kappa shape index (κ3) is 21.7. The standard InChI is InChI=1S/2C19H22N8.C13H11FN4O.C13H12N6O2.C13H13N5.C12H10ClN5/c1-13-10-16(24-26(13)3)21-17-15-11-20-27(4)18(15)23-19(22-17)25(2)12-14-8-6-5-7-9-14;1-13-10-16(24-26(13)3)25(2)17-15-12-21-27(4)18(15)23-19(22-17)20-11-14-8-6-5-7-9-14;1-18-8-15-10-11(18)16-13(14)17-12(10)19-7-9-5-3-2-4-6-9;1-18-8-15-10-11(14-7-9-5-3-2-4-6-9)16-13(19(20)21)17-12(10)18;1-18-9-17-11-12(15-8-16-13(11)18)14-7-10-5-3-2-4-6-10;13-12-17-10(9-11(18-12)16-7-15-9)14-6-8-4-2-1-3-5-8/h5-11H,12H2,1-4H3,(H,21,22,23,24);5-10,12H,11H2,1-4H3,(H,20,22,23);2-6,8H,7H2,1H3;2-6,8H,7H2,1H3,(H,14,16,17);2-6,8-9H,7H2,1H3,(H,14,15,16);1-5,7H,6H2,(H2,14,15,16,17,18). The summed E-state index contributed by atoms with van der Waals surface area (Å²) in [5, 5.41) is 46.8. The second-order valence-electron chi connectivity index (χ2n) is 29.6. The van der Waals surface area contributed by atoms with Crippen LogP contribution in [0.4, 0.5) is 63.0 Å². The number of imidazole rings is 4. The van der Waals surface area contributed by atoms with Gasteiger partial charge in [0, 0.05) is 120 Å². The Kier molecular flexibility index (Phi) is 27.6. The summed E-state index contributed by atoms with van der Waals surface area (Å²) in [4.78, 5) is 84.6. The molecule has 0 fully saturated rings. The lowest BCUT2D eigenvalue weighted by Crippen LogP contribution is -2.20. The molecule has 41 heteroatoms. The summed E-state index contributed by atoms with van der Waals surface area (Å²) in [5.41, 5.74) is 15.2. The Labute approximate surface area is 747 Å². The van der Waals surface area contributed by atoms with Crippen molar-refractivity contribution >= 4 is 137 Å². The van der Waals surface area contributed by atoms with E-state index >= 15 is 0 Å². The Bertz CT molecular complexity index is 7150. The average Bonchev–Trinajstić information content (AvgIpc) is 1.63. The minimum absolute atomic E-state index is 0.159. The van der Waals surface area contributed by atoms with Gasteiger partial charge in [-0.05, 0) is 73.7 Å². The SMILES string of the molecule is Cc1cc(N(C)c2nc(NCc3ccccc3)nc3c2cnn3C)nn1C.Cc1cc(Nc2nc(N(C)Cc3ccccc3)nc3c2cnn3C)nn1C.Clc1nc(NCc2ccccc2)c2[nH]cnc2n1.Cn1cnc2c(NCc3ccccc3)nc([N+](=O)[O-])nc21.Cn1cnc2c(NCc3ccccc3)ncnc21.Cn1cnc2c(OCc3ccccc3)nc(F)nc21. The molecule has 6 aromatic carbocycles. The van der Waals surface area contributed by atoms with Crippen molar-refractivity contribution in [2.75, 3.05) is 50.5 Å². The molecule has 0 radical (unpaired) electrons. The van der Waals surface area contributed by atoms with Gasteiger partial charge in [-0.1, -0.05) is 182 Å². The van der Waals surface area contributed by atoms with Gasteiger partial charge in [0.2, 0.25) is 34.5 Å². The summed E-state index contributed by atoms with van der Waals surface area (Å²) in [6.45, 7) is 7.60. The molecular weight excluding hydrogens is 1680 g/mol. The maximum atomic E-state index is 13.3. The number of aryl methyl sites for hydroxylation is 9. The fraction of sp³-hybridized carbons (Fsp3) is 0.191. The fourth-order valence-corrected chi connectivity index (χ4v) is 13.4. The molecule has 130 heavy (non-hydrogen) atoms. The van der Waals surface area contributed by atoms with Crippen LogP contribution >= 0.6 is 11.6 Å². The molecule has 14 heterocycles. The Morgan fingerprint density at radius 3 is 1.55 bits per heavy atom.